The van der Waals surface area contributed by atoms with Gasteiger partial charge in [-0.15, -0.1) is 10.2 Å². The molecule has 9 nitrogen and oxygen atoms in total. The van der Waals surface area contributed by atoms with E-state index in [1.807, 2.05) is 31.2 Å². The number of methoxy groups -OCH3 is 1. The number of nitrogens with zero attached hydrogens (tertiary/aromatic N) is 2. The Balaban J connectivity index is 1.41. The van der Waals surface area contributed by atoms with E-state index in [0.29, 0.717) is 11.6 Å². The van der Waals surface area contributed by atoms with E-state index in [-0.39, 0.29) is 24.3 Å². The minimum atomic E-state index is -0.728. The molecular weight excluding hydrogens is 402 g/mol. The minimum Gasteiger partial charge on any atom is -0.497 e. The number of ether oxygens (including phenoxy) is 2. The number of hydrogen-bond donors (Lipinski definition) is 1. The Labute approximate surface area is 178 Å². The van der Waals surface area contributed by atoms with Crippen molar-refractivity contribution >= 4 is 17.8 Å². The number of aromatic nitrogens is 2. The first-order chi connectivity index (χ1) is 14.9. The van der Waals surface area contributed by atoms with Gasteiger partial charge in [-0.05, 0) is 43.3 Å². The van der Waals surface area contributed by atoms with Crippen LogP contribution in [0.2, 0.25) is 0 Å². The lowest BCUT2D eigenvalue weighted by atomic mass is 10.1. The SMILES string of the molecule is COc1ccc(C(=O)NC(=O)COC(=O)CCc2nnc(-c3ccc(C)cc3)o2)cc1. The zero-order valence-corrected chi connectivity index (χ0v) is 17.1. The van der Waals surface area contributed by atoms with Gasteiger partial charge in [0.2, 0.25) is 11.8 Å². The third kappa shape index (κ3) is 6.23. The van der Waals surface area contributed by atoms with E-state index in [1.54, 1.807) is 12.1 Å². The Kier molecular flexibility index (Phi) is 7.10. The lowest BCUT2D eigenvalue weighted by molar-refractivity contribution is -0.148. The van der Waals surface area contributed by atoms with Crippen LogP contribution < -0.4 is 10.1 Å². The second-order valence-electron chi connectivity index (χ2n) is 6.63. The molecule has 0 saturated carbocycles. The van der Waals surface area contributed by atoms with Crippen LogP contribution in [0.15, 0.2) is 52.9 Å². The molecule has 0 spiro atoms. The van der Waals surface area contributed by atoms with Crippen LogP contribution in [-0.4, -0.2) is 41.7 Å². The molecule has 1 heterocycles. The Hall–Kier alpha value is -4.01. The van der Waals surface area contributed by atoms with Crippen molar-refractivity contribution in [2.24, 2.45) is 0 Å². The molecule has 3 aromatic rings. The van der Waals surface area contributed by atoms with E-state index in [1.165, 1.54) is 19.2 Å². The minimum absolute atomic E-state index is 0.0464. The Bertz CT molecular complexity index is 1060. The molecule has 0 bridgehead atoms. The van der Waals surface area contributed by atoms with Crippen LogP contribution in [0, 0.1) is 6.92 Å². The molecule has 1 N–H and O–H groups in total. The highest BCUT2D eigenvalue weighted by atomic mass is 16.5. The topological polar surface area (TPSA) is 121 Å². The average Bonchev–Trinajstić information content (AvgIpc) is 3.26. The third-order valence-corrected chi connectivity index (χ3v) is 4.28. The number of imide groups is 1. The lowest BCUT2D eigenvalue weighted by Gasteiger charge is -2.06. The number of carbonyl (C=O) groups is 3. The van der Waals surface area contributed by atoms with E-state index in [4.69, 9.17) is 13.9 Å². The molecule has 2 aromatic carbocycles. The van der Waals surface area contributed by atoms with E-state index in [2.05, 4.69) is 15.5 Å². The van der Waals surface area contributed by atoms with Crippen molar-refractivity contribution in [2.45, 2.75) is 19.8 Å². The standard InChI is InChI=1S/C22H21N3O6/c1-14-3-5-16(6-4-14)22-25-24-19(31-22)11-12-20(27)30-13-18(26)23-21(28)15-7-9-17(29-2)10-8-15/h3-10H,11-13H2,1-2H3,(H,23,26,28). The normalized spacial score (nSPS) is 10.4. The lowest BCUT2D eigenvalue weighted by Crippen LogP contribution is -2.34. The summed E-state index contributed by atoms with van der Waals surface area (Å²) in [5, 5.41) is 10.0. The number of rotatable bonds is 8. The molecule has 0 aliphatic heterocycles. The van der Waals surface area contributed by atoms with Gasteiger partial charge in [0, 0.05) is 17.5 Å². The second kappa shape index (κ2) is 10.1. The fourth-order valence-electron chi connectivity index (χ4n) is 2.57. The maximum atomic E-state index is 12.0. The smallest absolute Gasteiger partial charge is 0.306 e. The van der Waals surface area contributed by atoms with Gasteiger partial charge in [0.1, 0.15) is 5.75 Å². The van der Waals surface area contributed by atoms with Crippen molar-refractivity contribution < 1.29 is 28.3 Å². The highest BCUT2D eigenvalue weighted by molar-refractivity contribution is 6.05. The second-order valence-corrected chi connectivity index (χ2v) is 6.63. The van der Waals surface area contributed by atoms with Crippen LogP contribution in [0.5, 0.6) is 5.75 Å². The molecule has 2 amide bonds. The van der Waals surface area contributed by atoms with Crippen LogP contribution in [0.1, 0.15) is 28.2 Å². The number of carbonyl (C=O) groups excluding carboxylic acids is 3. The molecule has 0 atom stereocenters. The number of nitrogens with one attached hydrogen (secondary N) is 1. The van der Waals surface area contributed by atoms with Crippen molar-refractivity contribution in [3.63, 3.8) is 0 Å². The Morgan fingerprint density at radius 3 is 2.39 bits per heavy atom. The van der Waals surface area contributed by atoms with Gasteiger partial charge in [-0.25, -0.2) is 0 Å². The average molecular weight is 423 g/mol. The van der Waals surface area contributed by atoms with Gasteiger partial charge >= 0.3 is 5.97 Å². The molecule has 0 aliphatic rings. The van der Waals surface area contributed by atoms with E-state index in [0.717, 1.165) is 11.1 Å². The maximum absolute atomic E-state index is 12.0. The van der Waals surface area contributed by atoms with Crippen LogP contribution in [0.3, 0.4) is 0 Å². The molecule has 0 fully saturated rings. The predicted molar refractivity (Wildman–Crippen MR) is 109 cm³/mol. The summed E-state index contributed by atoms with van der Waals surface area (Å²) in [6.07, 6.45) is 0.124. The van der Waals surface area contributed by atoms with Gasteiger partial charge in [-0.1, -0.05) is 17.7 Å². The van der Waals surface area contributed by atoms with Gasteiger partial charge in [0.05, 0.1) is 13.5 Å². The molecular formula is C22H21N3O6. The molecule has 0 radical (unpaired) electrons. The molecule has 0 unspecified atom stereocenters. The zero-order valence-electron chi connectivity index (χ0n) is 17.1. The molecule has 0 aliphatic carbocycles. The molecule has 160 valence electrons. The van der Waals surface area contributed by atoms with Gasteiger partial charge in [-0.3, -0.25) is 19.7 Å². The summed E-state index contributed by atoms with van der Waals surface area (Å²) in [6, 6.07) is 13.8. The third-order valence-electron chi connectivity index (χ3n) is 4.28. The van der Waals surface area contributed by atoms with Crippen molar-refractivity contribution in [1.82, 2.24) is 15.5 Å². The first-order valence-corrected chi connectivity index (χ1v) is 9.48. The van der Waals surface area contributed by atoms with Crippen LogP contribution in [-0.2, 0) is 20.7 Å². The molecule has 9 heteroatoms. The highest BCUT2D eigenvalue weighted by Crippen LogP contribution is 2.18. The summed E-state index contributed by atoms with van der Waals surface area (Å²) in [6.45, 7) is 1.41. The van der Waals surface area contributed by atoms with Gasteiger partial charge in [-0.2, -0.15) is 0 Å². The van der Waals surface area contributed by atoms with E-state index >= 15 is 0 Å². The fourth-order valence-corrected chi connectivity index (χ4v) is 2.57. The molecule has 31 heavy (non-hydrogen) atoms. The van der Waals surface area contributed by atoms with Crippen LogP contribution in [0.25, 0.3) is 11.5 Å². The Morgan fingerprint density at radius 1 is 1.00 bits per heavy atom. The fraction of sp³-hybridized carbons (Fsp3) is 0.227. The van der Waals surface area contributed by atoms with Crippen molar-refractivity contribution in [3.05, 3.63) is 65.5 Å². The summed E-state index contributed by atoms with van der Waals surface area (Å²) in [7, 11) is 1.51. The maximum Gasteiger partial charge on any atom is 0.306 e. The number of benzene rings is 2. The first-order valence-electron chi connectivity index (χ1n) is 9.48. The van der Waals surface area contributed by atoms with Crippen molar-refractivity contribution in [2.75, 3.05) is 13.7 Å². The number of amides is 2. The largest absolute Gasteiger partial charge is 0.497 e. The Morgan fingerprint density at radius 2 is 1.71 bits per heavy atom. The summed E-state index contributed by atoms with van der Waals surface area (Å²) >= 11 is 0. The molecule has 3 rings (SSSR count). The summed E-state index contributed by atoms with van der Waals surface area (Å²) in [5.41, 5.74) is 2.17. The van der Waals surface area contributed by atoms with Gasteiger partial charge in [0.15, 0.2) is 6.61 Å². The quantitative estimate of drug-likeness (QED) is 0.549. The number of hydrogen-bond acceptors (Lipinski definition) is 8. The number of esters is 1. The first kappa shape index (κ1) is 21.7. The zero-order chi connectivity index (χ0) is 22.2. The van der Waals surface area contributed by atoms with E-state index in [9.17, 15) is 14.4 Å². The summed E-state index contributed by atoms with van der Waals surface area (Å²) in [4.78, 5) is 35.7. The van der Waals surface area contributed by atoms with Crippen LogP contribution in [0.4, 0.5) is 0 Å². The van der Waals surface area contributed by atoms with Crippen molar-refractivity contribution in [3.8, 4) is 17.2 Å². The van der Waals surface area contributed by atoms with Gasteiger partial charge < -0.3 is 13.9 Å². The highest BCUT2D eigenvalue weighted by Gasteiger charge is 2.14. The summed E-state index contributed by atoms with van der Waals surface area (Å²) in [5.74, 6) is -0.718. The molecule has 1 aromatic heterocycles. The number of aryl methyl sites for hydroxylation is 2. The molecule has 0 saturated heterocycles. The predicted octanol–water partition coefficient (Wildman–Crippen LogP) is 2.49. The van der Waals surface area contributed by atoms with Gasteiger partial charge in [0.25, 0.3) is 11.8 Å². The van der Waals surface area contributed by atoms with E-state index < -0.39 is 24.4 Å². The van der Waals surface area contributed by atoms with Crippen molar-refractivity contribution in [1.29, 1.82) is 0 Å². The summed E-state index contributed by atoms with van der Waals surface area (Å²) < 4.78 is 15.4. The monoisotopic (exact) mass is 423 g/mol. The van der Waals surface area contributed by atoms with Crippen LogP contribution >= 0.6 is 0 Å².